The molecule has 0 fully saturated rings. The van der Waals surface area contributed by atoms with Crippen molar-refractivity contribution in [2.75, 3.05) is 57.5 Å². The zero-order valence-corrected chi connectivity index (χ0v) is 27.3. The molecule has 0 nitrogen and oxygen atoms in total. The molecule has 0 saturated heterocycles. The van der Waals surface area contributed by atoms with E-state index in [0.29, 0.717) is 21.0 Å². The Bertz CT molecular complexity index is 351. The van der Waals surface area contributed by atoms with E-state index in [1.807, 2.05) is 11.8 Å². The number of thioether (sulfide) groups is 6. The van der Waals surface area contributed by atoms with Gasteiger partial charge >= 0.3 is 0 Å². The molecule has 5 unspecified atom stereocenters. The van der Waals surface area contributed by atoms with Crippen molar-refractivity contribution in [1.29, 1.82) is 0 Å². The van der Waals surface area contributed by atoms with Gasteiger partial charge in [0.05, 0.1) is 0 Å². The maximum absolute atomic E-state index is 4.55. The predicted octanol–water partition coefficient (Wildman–Crippen LogP) is 7.40. The van der Waals surface area contributed by atoms with Crippen molar-refractivity contribution < 1.29 is 0 Å². The van der Waals surface area contributed by atoms with E-state index in [2.05, 4.69) is 137 Å². The fourth-order valence-corrected chi connectivity index (χ4v) is 11.3. The van der Waals surface area contributed by atoms with Gasteiger partial charge in [-0.25, -0.2) is 0 Å². The van der Waals surface area contributed by atoms with E-state index < -0.39 is 0 Å². The van der Waals surface area contributed by atoms with Crippen LogP contribution in [0.2, 0.25) is 0 Å². The number of hydrogen-bond acceptors (Lipinski definition) is 10. The SMILES string of the molecule is CC(S)CSCCSC(CSCC(C)S)CSC(CSCC(C)S)CSCC(C)S. The Morgan fingerprint density at radius 3 is 1.20 bits per heavy atom. The van der Waals surface area contributed by atoms with Crippen molar-refractivity contribution in [3.8, 4) is 0 Å². The highest BCUT2D eigenvalue weighted by molar-refractivity contribution is 8.08. The van der Waals surface area contributed by atoms with Crippen LogP contribution in [0.1, 0.15) is 27.7 Å². The van der Waals surface area contributed by atoms with Gasteiger partial charge in [-0.3, -0.25) is 0 Å². The van der Waals surface area contributed by atoms with Crippen molar-refractivity contribution in [1.82, 2.24) is 0 Å². The van der Waals surface area contributed by atoms with Crippen LogP contribution in [0, 0.1) is 0 Å². The third-order valence-electron chi connectivity index (χ3n) is 3.45. The van der Waals surface area contributed by atoms with Gasteiger partial charge in [0.2, 0.25) is 0 Å². The van der Waals surface area contributed by atoms with Crippen molar-refractivity contribution in [2.24, 2.45) is 0 Å². The van der Waals surface area contributed by atoms with Crippen molar-refractivity contribution >= 4 is 121 Å². The maximum Gasteiger partial charge on any atom is 0.0229 e. The third kappa shape index (κ3) is 24.6. The highest BCUT2D eigenvalue weighted by atomic mass is 32.2. The van der Waals surface area contributed by atoms with Gasteiger partial charge < -0.3 is 0 Å². The molecular formula is C20H42S10. The maximum atomic E-state index is 4.55. The monoisotopic (exact) mass is 602 g/mol. The second-order valence-corrected chi connectivity index (χ2v) is 18.2. The van der Waals surface area contributed by atoms with Crippen LogP contribution in [-0.2, 0) is 0 Å². The molecule has 0 aliphatic heterocycles. The second kappa shape index (κ2) is 22.9. The minimum Gasteiger partial charge on any atom is -0.175 e. The van der Waals surface area contributed by atoms with E-state index in [1.165, 1.54) is 34.5 Å². The molecule has 0 aliphatic carbocycles. The minimum absolute atomic E-state index is 0.478. The molecule has 0 bridgehead atoms. The van der Waals surface area contributed by atoms with Crippen LogP contribution in [0.5, 0.6) is 0 Å². The van der Waals surface area contributed by atoms with E-state index in [4.69, 9.17) is 0 Å². The molecule has 0 aromatic rings. The van der Waals surface area contributed by atoms with E-state index in [0.717, 1.165) is 33.5 Å². The lowest BCUT2D eigenvalue weighted by atomic mass is 10.5. The number of rotatable bonds is 21. The van der Waals surface area contributed by atoms with Crippen LogP contribution in [0.15, 0.2) is 0 Å². The summed E-state index contributed by atoms with van der Waals surface area (Å²) in [7, 11) is 0. The highest BCUT2D eigenvalue weighted by Gasteiger charge is 2.16. The Morgan fingerprint density at radius 2 is 0.800 bits per heavy atom. The third-order valence-corrected chi connectivity index (χ3v) is 14.3. The molecule has 0 N–H and O–H groups in total. The molecule has 0 aromatic heterocycles. The average molecular weight is 603 g/mol. The molecule has 10 heteroatoms. The van der Waals surface area contributed by atoms with E-state index in [1.54, 1.807) is 0 Å². The lowest BCUT2D eigenvalue weighted by molar-refractivity contribution is 1.08. The lowest BCUT2D eigenvalue weighted by Gasteiger charge is -2.22. The van der Waals surface area contributed by atoms with E-state index >= 15 is 0 Å². The van der Waals surface area contributed by atoms with Crippen LogP contribution in [0.4, 0.5) is 0 Å². The zero-order valence-electron chi connectivity index (χ0n) is 18.8. The summed E-state index contributed by atoms with van der Waals surface area (Å²) >= 11 is 30.7. The Balaban J connectivity index is 4.50. The standard InChI is InChI=1S/C20H42S10/c1-15(21)7-25-5-6-29-20(13-28-10-18(4)24)14-30-19(11-26-8-16(2)22)12-27-9-17(3)23/h15-24H,5-14H2,1-4H3. The van der Waals surface area contributed by atoms with Crippen LogP contribution in [0.3, 0.4) is 0 Å². The summed E-state index contributed by atoms with van der Waals surface area (Å²) in [5.74, 6) is 12.0. The van der Waals surface area contributed by atoms with Crippen LogP contribution < -0.4 is 0 Å². The first-order valence-corrected chi connectivity index (χ1v) is 19.2. The first-order chi connectivity index (χ1) is 14.2. The van der Waals surface area contributed by atoms with Crippen LogP contribution in [-0.4, -0.2) is 89.0 Å². The fourth-order valence-electron chi connectivity index (χ4n) is 2.17. The molecule has 30 heavy (non-hydrogen) atoms. The number of thiol groups is 4. The largest absolute Gasteiger partial charge is 0.175 e. The Kier molecular flexibility index (Phi) is 25.6. The van der Waals surface area contributed by atoms with Gasteiger partial charge in [0.1, 0.15) is 0 Å². The predicted molar refractivity (Wildman–Crippen MR) is 176 cm³/mol. The van der Waals surface area contributed by atoms with Crippen LogP contribution in [0.25, 0.3) is 0 Å². The molecule has 0 aliphatic rings. The van der Waals surface area contributed by atoms with Crippen molar-refractivity contribution in [2.45, 2.75) is 59.2 Å². The number of hydrogen-bond donors (Lipinski definition) is 4. The smallest absolute Gasteiger partial charge is 0.0229 e. The topological polar surface area (TPSA) is 0 Å². The Labute approximate surface area is 235 Å². The first-order valence-electron chi connectivity index (χ1n) is 10.5. The lowest BCUT2D eigenvalue weighted by Crippen LogP contribution is -2.19. The normalized spacial score (nSPS) is 18.0. The Morgan fingerprint density at radius 1 is 0.433 bits per heavy atom. The molecule has 0 spiro atoms. The summed E-state index contributed by atoms with van der Waals surface area (Å²) in [4.78, 5) is 0. The Hall–Kier alpha value is 3.50. The molecule has 182 valence electrons. The molecule has 0 amide bonds. The van der Waals surface area contributed by atoms with Crippen molar-refractivity contribution in [3.05, 3.63) is 0 Å². The zero-order chi connectivity index (χ0) is 22.8. The molecule has 5 atom stereocenters. The molecular weight excluding hydrogens is 561 g/mol. The molecule has 0 rings (SSSR count). The summed E-state index contributed by atoms with van der Waals surface area (Å²) in [5.41, 5.74) is 0. The van der Waals surface area contributed by atoms with Crippen LogP contribution >= 0.6 is 121 Å². The molecule has 0 radical (unpaired) electrons. The van der Waals surface area contributed by atoms with E-state index in [-0.39, 0.29) is 0 Å². The first kappa shape index (κ1) is 33.5. The summed E-state index contributed by atoms with van der Waals surface area (Å²) in [6.07, 6.45) is 0. The molecule has 0 aromatic carbocycles. The van der Waals surface area contributed by atoms with Gasteiger partial charge in [0, 0.05) is 89.0 Å². The second-order valence-electron chi connectivity index (χ2n) is 7.53. The summed E-state index contributed by atoms with van der Waals surface area (Å²) in [6.45, 7) is 8.75. The summed E-state index contributed by atoms with van der Waals surface area (Å²) in [6, 6.07) is 0. The average Bonchev–Trinajstić information content (AvgIpc) is 2.63. The highest BCUT2D eigenvalue weighted by Crippen LogP contribution is 2.28. The van der Waals surface area contributed by atoms with E-state index in [9.17, 15) is 0 Å². The van der Waals surface area contributed by atoms with Crippen molar-refractivity contribution in [3.63, 3.8) is 0 Å². The molecule has 0 heterocycles. The van der Waals surface area contributed by atoms with Gasteiger partial charge in [0.15, 0.2) is 0 Å². The van der Waals surface area contributed by atoms with Gasteiger partial charge in [-0.2, -0.15) is 121 Å². The van der Waals surface area contributed by atoms with Gasteiger partial charge in [-0.15, -0.1) is 0 Å². The summed E-state index contributed by atoms with van der Waals surface area (Å²) in [5, 5.41) is 3.38. The van der Waals surface area contributed by atoms with Gasteiger partial charge in [0.25, 0.3) is 0 Å². The van der Waals surface area contributed by atoms with Gasteiger partial charge in [-0.05, 0) is 0 Å². The van der Waals surface area contributed by atoms with Gasteiger partial charge in [-0.1, -0.05) is 27.7 Å². The summed E-state index contributed by atoms with van der Waals surface area (Å²) < 4.78 is 0. The minimum atomic E-state index is 0.478. The molecule has 0 saturated carbocycles. The fraction of sp³-hybridized carbons (Fsp3) is 1.00. The quantitative estimate of drug-likeness (QED) is 0.0793.